The maximum Gasteiger partial charge on any atom is 0.237 e. The summed E-state index contributed by atoms with van der Waals surface area (Å²) in [6, 6.07) is 8.16. The fourth-order valence-corrected chi connectivity index (χ4v) is 5.22. The second-order valence-electron chi connectivity index (χ2n) is 5.58. The zero-order chi connectivity index (χ0) is 14.9. The van der Waals surface area contributed by atoms with Gasteiger partial charge in [-0.15, -0.1) is 11.3 Å². The molecule has 112 valence electrons. The maximum absolute atomic E-state index is 11.6. The molecule has 1 saturated carbocycles. The molecule has 0 radical (unpaired) electrons. The molecular formula is C15H19N3OS2. The van der Waals surface area contributed by atoms with Gasteiger partial charge in [0.25, 0.3) is 0 Å². The van der Waals surface area contributed by atoms with E-state index in [4.69, 9.17) is 11.5 Å². The van der Waals surface area contributed by atoms with Crippen LogP contribution in [0.2, 0.25) is 0 Å². The lowest BCUT2D eigenvalue weighted by Gasteiger charge is -2.27. The zero-order valence-corrected chi connectivity index (χ0v) is 13.4. The summed E-state index contributed by atoms with van der Waals surface area (Å²) in [5.74, 6) is 0.781. The zero-order valence-electron chi connectivity index (χ0n) is 11.7. The fraction of sp³-hybridized carbons (Fsp3) is 0.467. The molecule has 0 bridgehead atoms. The average molecular weight is 321 g/mol. The van der Waals surface area contributed by atoms with E-state index in [0.29, 0.717) is 0 Å². The van der Waals surface area contributed by atoms with Crippen LogP contribution in [0, 0.1) is 5.92 Å². The van der Waals surface area contributed by atoms with Crippen molar-refractivity contribution in [3.8, 4) is 0 Å². The third kappa shape index (κ3) is 2.93. The van der Waals surface area contributed by atoms with Crippen LogP contribution in [0.25, 0.3) is 10.2 Å². The molecule has 2 atom stereocenters. The largest absolute Gasteiger partial charge is 0.368 e. The Hall–Kier alpha value is -1.11. The van der Waals surface area contributed by atoms with Gasteiger partial charge < -0.3 is 11.5 Å². The minimum atomic E-state index is -0.797. The summed E-state index contributed by atoms with van der Waals surface area (Å²) in [4.78, 5) is 16.2. The summed E-state index contributed by atoms with van der Waals surface area (Å²) in [6.45, 7) is 0. The van der Waals surface area contributed by atoms with Crippen molar-refractivity contribution in [3.63, 3.8) is 0 Å². The van der Waals surface area contributed by atoms with E-state index in [9.17, 15) is 4.79 Å². The summed E-state index contributed by atoms with van der Waals surface area (Å²) in [5.41, 5.74) is 11.9. The first-order valence-electron chi connectivity index (χ1n) is 7.17. The molecule has 1 heterocycles. The number of hydrogen-bond acceptors (Lipinski definition) is 5. The van der Waals surface area contributed by atoms with Gasteiger partial charge in [-0.25, -0.2) is 4.98 Å². The van der Waals surface area contributed by atoms with Crippen molar-refractivity contribution >= 4 is 39.2 Å². The smallest absolute Gasteiger partial charge is 0.237 e. The lowest BCUT2D eigenvalue weighted by atomic mass is 9.85. The molecule has 3 rings (SSSR count). The third-order valence-corrected chi connectivity index (χ3v) is 6.51. The highest BCUT2D eigenvalue weighted by atomic mass is 32.2. The number of nitrogens with two attached hydrogens (primary N) is 2. The van der Waals surface area contributed by atoms with Crippen molar-refractivity contribution in [2.45, 2.75) is 35.6 Å². The molecule has 4 nitrogen and oxygen atoms in total. The molecule has 0 spiro atoms. The number of nitrogens with zero attached hydrogens (tertiary/aromatic N) is 1. The molecule has 0 saturated heterocycles. The predicted octanol–water partition coefficient (Wildman–Crippen LogP) is 2.76. The predicted molar refractivity (Wildman–Crippen MR) is 88.4 cm³/mol. The topological polar surface area (TPSA) is 82.0 Å². The minimum Gasteiger partial charge on any atom is -0.368 e. The maximum atomic E-state index is 11.6. The molecule has 6 heteroatoms. The van der Waals surface area contributed by atoms with E-state index < -0.39 is 5.54 Å². The van der Waals surface area contributed by atoms with Gasteiger partial charge in [0.2, 0.25) is 5.91 Å². The molecule has 2 aromatic rings. The van der Waals surface area contributed by atoms with Crippen LogP contribution in [0.3, 0.4) is 0 Å². The van der Waals surface area contributed by atoms with Gasteiger partial charge in [-0.05, 0) is 37.3 Å². The molecule has 0 aliphatic heterocycles. The van der Waals surface area contributed by atoms with Crippen LogP contribution >= 0.6 is 23.1 Å². The number of carbonyl (C=O) groups excluding carboxylic acids is 1. The number of thioether (sulfide) groups is 1. The van der Waals surface area contributed by atoms with Crippen LogP contribution < -0.4 is 11.5 Å². The first-order valence-corrected chi connectivity index (χ1v) is 8.97. The molecule has 4 N–H and O–H groups in total. The van der Waals surface area contributed by atoms with Gasteiger partial charge in [-0.1, -0.05) is 30.3 Å². The first kappa shape index (κ1) is 14.8. The quantitative estimate of drug-likeness (QED) is 0.830. The summed E-state index contributed by atoms with van der Waals surface area (Å²) in [6.07, 6.45) is 3.63. The normalized spacial score (nSPS) is 25.5. The van der Waals surface area contributed by atoms with Crippen LogP contribution in [0.1, 0.15) is 25.7 Å². The fourth-order valence-electron chi connectivity index (χ4n) is 3.03. The molecule has 21 heavy (non-hydrogen) atoms. The Labute approximate surface area is 132 Å². The van der Waals surface area contributed by atoms with E-state index in [1.54, 1.807) is 23.1 Å². The Bertz CT molecular complexity index is 624. The van der Waals surface area contributed by atoms with E-state index >= 15 is 0 Å². The molecule has 2 unspecified atom stereocenters. The van der Waals surface area contributed by atoms with Gasteiger partial charge in [0.1, 0.15) is 0 Å². The van der Waals surface area contributed by atoms with E-state index in [1.165, 1.54) is 4.70 Å². The highest BCUT2D eigenvalue weighted by Gasteiger charge is 2.43. The van der Waals surface area contributed by atoms with Crippen molar-refractivity contribution in [2.75, 3.05) is 5.75 Å². The second kappa shape index (κ2) is 5.94. The Balaban J connectivity index is 1.59. The Morgan fingerprint density at radius 1 is 1.48 bits per heavy atom. The number of carbonyl (C=O) groups is 1. The first-order chi connectivity index (χ1) is 10.1. The van der Waals surface area contributed by atoms with Crippen LogP contribution in [0.4, 0.5) is 0 Å². The van der Waals surface area contributed by atoms with Gasteiger partial charge in [0.15, 0.2) is 4.34 Å². The van der Waals surface area contributed by atoms with Gasteiger partial charge in [0, 0.05) is 5.75 Å². The van der Waals surface area contributed by atoms with Crippen molar-refractivity contribution in [1.82, 2.24) is 4.98 Å². The van der Waals surface area contributed by atoms with E-state index in [-0.39, 0.29) is 11.8 Å². The summed E-state index contributed by atoms with van der Waals surface area (Å²) >= 11 is 3.46. The number of fused-ring (bicyclic) bond motifs is 1. The third-order valence-electron chi connectivity index (χ3n) is 4.30. The van der Waals surface area contributed by atoms with Crippen molar-refractivity contribution in [1.29, 1.82) is 0 Å². The molecule has 1 amide bonds. The number of primary amides is 1. The monoisotopic (exact) mass is 321 g/mol. The van der Waals surface area contributed by atoms with Crippen LogP contribution in [0.5, 0.6) is 0 Å². The van der Waals surface area contributed by atoms with E-state index in [1.807, 2.05) is 18.2 Å². The van der Waals surface area contributed by atoms with E-state index in [2.05, 4.69) is 11.1 Å². The lowest BCUT2D eigenvalue weighted by Crippen LogP contribution is -2.54. The van der Waals surface area contributed by atoms with E-state index in [0.717, 1.165) is 41.3 Å². The SMILES string of the molecule is NC(=O)C1(N)CCCC1CCSc1nc2ccccc2s1. The molecule has 1 aliphatic carbocycles. The van der Waals surface area contributed by atoms with Crippen LogP contribution in [0.15, 0.2) is 28.6 Å². The molecule has 1 fully saturated rings. The number of thiazole rings is 1. The number of para-hydroxylation sites is 1. The standard InChI is InChI=1S/C15H19N3OS2/c16-13(19)15(17)8-3-4-10(15)7-9-20-14-18-11-5-1-2-6-12(11)21-14/h1-2,5-6,10H,3-4,7-9,17H2,(H2,16,19). The van der Waals surface area contributed by atoms with Crippen LogP contribution in [-0.4, -0.2) is 22.2 Å². The Morgan fingerprint density at radius 2 is 2.29 bits per heavy atom. The molecule has 1 aromatic heterocycles. The Kier molecular flexibility index (Phi) is 4.19. The Morgan fingerprint density at radius 3 is 3.05 bits per heavy atom. The second-order valence-corrected chi connectivity index (χ2v) is 7.95. The molecular weight excluding hydrogens is 302 g/mol. The number of amides is 1. The van der Waals surface area contributed by atoms with Gasteiger partial charge >= 0.3 is 0 Å². The molecule has 1 aromatic carbocycles. The van der Waals surface area contributed by atoms with Gasteiger partial charge in [0.05, 0.1) is 15.8 Å². The number of benzene rings is 1. The highest BCUT2D eigenvalue weighted by molar-refractivity contribution is 8.01. The van der Waals surface area contributed by atoms with Gasteiger partial charge in [-0.3, -0.25) is 4.79 Å². The molecule has 1 aliphatic rings. The number of rotatable bonds is 5. The van der Waals surface area contributed by atoms with Crippen molar-refractivity contribution in [2.24, 2.45) is 17.4 Å². The summed E-state index contributed by atoms with van der Waals surface area (Å²) in [7, 11) is 0. The summed E-state index contributed by atoms with van der Waals surface area (Å²) < 4.78 is 2.29. The van der Waals surface area contributed by atoms with Crippen LogP contribution in [-0.2, 0) is 4.79 Å². The van der Waals surface area contributed by atoms with Crippen molar-refractivity contribution in [3.05, 3.63) is 24.3 Å². The highest BCUT2D eigenvalue weighted by Crippen LogP contribution is 2.38. The summed E-state index contributed by atoms with van der Waals surface area (Å²) in [5, 5.41) is 0. The minimum absolute atomic E-state index is 0.205. The van der Waals surface area contributed by atoms with Gasteiger partial charge in [-0.2, -0.15) is 0 Å². The van der Waals surface area contributed by atoms with Crippen molar-refractivity contribution < 1.29 is 4.79 Å². The lowest BCUT2D eigenvalue weighted by molar-refractivity contribution is -0.124. The number of aromatic nitrogens is 1. The number of hydrogen-bond donors (Lipinski definition) is 2. The average Bonchev–Trinajstić information content (AvgIpc) is 3.03.